The minimum atomic E-state index is -5.59. The van der Waals surface area contributed by atoms with Crippen molar-refractivity contribution >= 4 is 47.3 Å². The summed E-state index contributed by atoms with van der Waals surface area (Å²) in [4.78, 5) is 12.8. The first-order valence-corrected chi connectivity index (χ1v) is 21.5. The van der Waals surface area contributed by atoms with Gasteiger partial charge in [0.1, 0.15) is 61.0 Å². The number of hydrogen-bond acceptors (Lipinski definition) is 23. The quantitative estimate of drug-likeness (QED) is 0.0686. The zero-order chi connectivity index (χ0) is 43.3. The third-order valence-corrected chi connectivity index (χ3v) is 10.8. The van der Waals surface area contributed by atoms with Crippen molar-refractivity contribution in [1.29, 1.82) is 0 Å². The molecule has 15 atom stereocenters. The summed E-state index contributed by atoms with van der Waals surface area (Å²) in [7, 11) is -14.4. The van der Waals surface area contributed by atoms with Gasteiger partial charge in [-0.1, -0.05) is 0 Å². The Hall–Kier alpha value is -1.45. The van der Waals surface area contributed by atoms with Gasteiger partial charge in [0.25, 0.3) is 10.1 Å². The number of carboxylic acid groups (broad SMARTS) is 1. The lowest BCUT2D eigenvalue weighted by Crippen LogP contribution is -2.68. The molecule has 3 fully saturated rings. The Kier molecular flexibility index (Phi) is 17.9. The van der Waals surface area contributed by atoms with Crippen LogP contribution < -0.4 is 0 Å². The van der Waals surface area contributed by atoms with Crippen LogP contribution >= 0.6 is 0 Å². The molecule has 0 aromatic rings. The molecule has 3 rings (SSSR count). The minimum Gasteiger partial charge on any atom is -0.479 e. The van der Waals surface area contributed by atoms with Crippen molar-refractivity contribution in [2.24, 2.45) is 5.92 Å². The average molecular weight is 921 g/mol. The first kappa shape index (κ1) is 49.9. The number of rotatable bonds is 21. The van der Waals surface area contributed by atoms with Crippen LogP contribution in [0.15, 0.2) is 0 Å². The Balaban J connectivity index is 2.10. The second-order valence-corrected chi connectivity index (χ2v) is 16.8. The van der Waals surface area contributed by atoms with Crippen molar-refractivity contribution in [3.63, 3.8) is 0 Å². The van der Waals surface area contributed by atoms with Crippen molar-refractivity contribution in [2.45, 2.75) is 86.0 Å². The predicted octanol–water partition coefficient (Wildman–Crippen LogP) is -3.93. The molecule has 0 radical (unpaired) electrons. The number of ether oxygens (including phenoxy) is 11. The normalized spacial score (nSPS) is 37.2. The Morgan fingerprint density at radius 3 is 1.33 bits per heavy atom. The van der Waals surface area contributed by atoms with Crippen LogP contribution in [0, 0.1) is 5.92 Å². The van der Waals surface area contributed by atoms with Gasteiger partial charge in [0.05, 0.1) is 24.9 Å². The number of aliphatic carboxylic acids is 1. The molecular weight excluding hydrogens is 877 g/mol. The average Bonchev–Trinajstić information content (AvgIpc) is 3.09. The summed E-state index contributed by atoms with van der Waals surface area (Å²) < 4.78 is 207. The van der Waals surface area contributed by atoms with Gasteiger partial charge in [-0.15, -0.1) is 0 Å². The zero-order valence-electron chi connectivity index (χ0n) is 30.5. The van der Waals surface area contributed by atoms with E-state index >= 15 is 0 Å². The molecule has 57 heavy (non-hydrogen) atoms. The number of methoxy groups -OCH3 is 6. The molecule has 0 aromatic heterocycles. The lowest BCUT2D eigenvalue weighted by molar-refractivity contribution is -0.375. The molecule has 0 unspecified atom stereocenters. The van der Waals surface area contributed by atoms with Crippen LogP contribution in [0.25, 0.3) is 0 Å². The van der Waals surface area contributed by atoms with Crippen LogP contribution in [0.3, 0.4) is 0 Å². The van der Waals surface area contributed by atoms with Gasteiger partial charge in [-0.3, -0.25) is 18.2 Å². The summed E-state index contributed by atoms with van der Waals surface area (Å²) in [5.74, 6) is -5.14. The molecule has 3 aliphatic heterocycles. The van der Waals surface area contributed by atoms with Crippen molar-refractivity contribution in [3.05, 3.63) is 0 Å². The molecule has 3 aliphatic rings. The molecule has 0 spiro atoms. The monoisotopic (exact) mass is 920 g/mol. The van der Waals surface area contributed by atoms with Gasteiger partial charge in [0, 0.05) is 42.7 Å². The maximum atomic E-state index is 12.8. The smallest absolute Gasteiger partial charge is 0.397 e. The van der Waals surface area contributed by atoms with Gasteiger partial charge in [-0.25, -0.2) is 17.3 Å². The second-order valence-electron chi connectivity index (χ2n) is 12.1. The molecule has 0 bridgehead atoms. The summed E-state index contributed by atoms with van der Waals surface area (Å²) in [5.41, 5.74) is 0. The number of carboxylic acids is 1. The molecule has 0 amide bonds. The highest BCUT2D eigenvalue weighted by molar-refractivity contribution is 7.85. The Morgan fingerprint density at radius 2 is 0.930 bits per heavy atom. The third-order valence-electron chi connectivity index (χ3n) is 8.67. The Bertz CT molecular complexity index is 1760. The van der Waals surface area contributed by atoms with E-state index in [9.17, 15) is 57.2 Å². The fourth-order valence-electron chi connectivity index (χ4n) is 6.50. The summed E-state index contributed by atoms with van der Waals surface area (Å²) in [5, 5.41) is 10.4. The minimum absolute atomic E-state index is 0.872. The van der Waals surface area contributed by atoms with Crippen LogP contribution in [0.1, 0.15) is 0 Å². The van der Waals surface area contributed by atoms with Crippen LogP contribution in [0.5, 0.6) is 0 Å². The van der Waals surface area contributed by atoms with E-state index < -0.39 is 158 Å². The first-order valence-electron chi connectivity index (χ1n) is 15.8. The van der Waals surface area contributed by atoms with Gasteiger partial charge < -0.3 is 57.2 Å². The van der Waals surface area contributed by atoms with Crippen molar-refractivity contribution in [3.8, 4) is 0 Å². The van der Waals surface area contributed by atoms with Gasteiger partial charge in [-0.2, -0.15) is 33.7 Å². The molecule has 0 aliphatic carbocycles. The summed E-state index contributed by atoms with van der Waals surface area (Å²) in [6.45, 7) is -2.13. The van der Waals surface area contributed by atoms with E-state index in [-0.39, 0.29) is 0 Å². The SMILES string of the molecule is CO[C@H]1O[C@H](COS(=O)(=O)O)[C@@H](O[C@@H]2O[C@H](C(=O)O)[C@@H](O[C@H]3O[C@H](COS(=O)(=O)O)[C@@H](OC)[C@H](OC)[C@H]3OC)[C@H](OC)[C@H]2OC)[C@H](OS(=O)(=O)O)[C@H]1CS(=O)(=O)O. The molecule has 5 N–H and O–H groups in total. The van der Waals surface area contributed by atoms with E-state index in [1.54, 1.807) is 0 Å². The van der Waals surface area contributed by atoms with E-state index in [2.05, 4.69) is 8.37 Å². The Labute approximate surface area is 326 Å². The Morgan fingerprint density at radius 1 is 0.509 bits per heavy atom. The maximum Gasteiger partial charge on any atom is 0.397 e. The second kappa shape index (κ2) is 20.4. The highest BCUT2D eigenvalue weighted by atomic mass is 32.3. The van der Waals surface area contributed by atoms with E-state index in [1.807, 2.05) is 0 Å². The van der Waals surface area contributed by atoms with E-state index in [4.69, 9.17) is 60.8 Å². The molecule has 0 aromatic carbocycles. The largest absolute Gasteiger partial charge is 0.479 e. The van der Waals surface area contributed by atoms with Crippen molar-refractivity contribution < 1.29 is 126 Å². The van der Waals surface area contributed by atoms with Crippen LogP contribution in [0.2, 0.25) is 0 Å². The molecule has 32 heteroatoms. The number of hydrogen-bond donors (Lipinski definition) is 5. The molecule has 3 heterocycles. The fraction of sp³-hybridized carbons (Fsp3) is 0.960. The van der Waals surface area contributed by atoms with Crippen LogP contribution in [-0.4, -0.2) is 211 Å². The predicted molar refractivity (Wildman–Crippen MR) is 176 cm³/mol. The lowest BCUT2D eigenvalue weighted by Gasteiger charge is -2.50. The summed E-state index contributed by atoms with van der Waals surface area (Å²) in [6, 6.07) is 0. The van der Waals surface area contributed by atoms with E-state index in [1.165, 1.54) is 21.3 Å². The molecule has 336 valence electrons. The van der Waals surface area contributed by atoms with Crippen molar-refractivity contribution in [1.82, 2.24) is 0 Å². The molecule has 28 nitrogen and oxygen atoms in total. The van der Waals surface area contributed by atoms with Gasteiger partial charge in [0.2, 0.25) is 0 Å². The first-order chi connectivity index (χ1) is 26.3. The molecule has 0 saturated carbocycles. The molecule has 3 saturated heterocycles. The van der Waals surface area contributed by atoms with Gasteiger partial charge >= 0.3 is 37.2 Å². The lowest BCUT2D eigenvalue weighted by atomic mass is 9.91. The summed E-state index contributed by atoms with van der Waals surface area (Å²) >= 11 is 0. The maximum absolute atomic E-state index is 12.8. The third kappa shape index (κ3) is 13.8. The number of carbonyl (C=O) groups is 1. The van der Waals surface area contributed by atoms with Crippen LogP contribution in [0.4, 0.5) is 0 Å². The highest BCUT2D eigenvalue weighted by Crippen LogP contribution is 2.38. The van der Waals surface area contributed by atoms with E-state index in [0.717, 1.165) is 21.3 Å². The topological polar surface area (TPSA) is 384 Å². The zero-order valence-corrected chi connectivity index (χ0v) is 33.8. The fourth-order valence-corrected chi connectivity index (χ4v) is 8.48. The van der Waals surface area contributed by atoms with Crippen molar-refractivity contribution in [2.75, 3.05) is 61.6 Å². The summed E-state index contributed by atoms with van der Waals surface area (Å²) in [6.07, 6.45) is -24.4. The standard InChI is InChI=1S/C25H44O28S4/c1-40-14-11(7-46-55(31,32)33)49-24(20(43-4)16(14)41-2)51-18-17(42-3)21(44-5)25(52-19(18)22(26)27)50-15-12(8-47-56(34,35)36)48-23(45-6)10(9-54(28,29)30)13(15)53-57(37,38)39/h10-21,23-25H,7-9H2,1-6H3,(H,26,27)(H,28,29,30)(H,31,32,33)(H,34,35,36)(H,37,38,39)/t10-,11-,12-,13-,14-,15-,16+,17+,18+,19+,20-,21-,23+,24-,25-/m1/s1. The van der Waals surface area contributed by atoms with E-state index in [0.29, 0.717) is 0 Å². The van der Waals surface area contributed by atoms with Crippen LogP contribution in [-0.2, 0) is 111 Å². The van der Waals surface area contributed by atoms with Gasteiger partial charge in [-0.05, 0) is 0 Å². The molecular formula is C25H44O28S4. The van der Waals surface area contributed by atoms with Gasteiger partial charge in [0.15, 0.2) is 25.0 Å². The highest BCUT2D eigenvalue weighted by Gasteiger charge is 2.58.